The average Bonchev–Trinajstić information content (AvgIpc) is 2.31. The van der Waals surface area contributed by atoms with Crippen molar-refractivity contribution in [3.63, 3.8) is 0 Å². The van der Waals surface area contributed by atoms with Gasteiger partial charge < -0.3 is 10.5 Å². The number of hydrogen-bond acceptors (Lipinski definition) is 4. The van der Waals surface area contributed by atoms with Gasteiger partial charge in [0.25, 0.3) is 0 Å². The largest absolute Gasteiger partial charge is 0.496 e. The number of aryl methyl sites for hydroxylation is 1. The molecule has 1 aromatic heterocycles. The molecule has 0 aromatic carbocycles. The van der Waals surface area contributed by atoms with Crippen LogP contribution in [0, 0.1) is 13.8 Å². The molecule has 0 bridgehead atoms. The first-order valence-electron chi connectivity index (χ1n) is 6.99. The summed E-state index contributed by atoms with van der Waals surface area (Å²) >= 11 is 0. The van der Waals surface area contributed by atoms with Gasteiger partial charge in [0.2, 0.25) is 0 Å². The zero-order valence-electron chi connectivity index (χ0n) is 12.5. The van der Waals surface area contributed by atoms with Gasteiger partial charge in [0, 0.05) is 42.5 Å². The van der Waals surface area contributed by atoms with Crippen LogP contribution in [-0.4, -0.2) is 35.6 Å². The molecule has 0 amide bonds. The lowest BCUT2D eigenvalue weighted by molar-refractivity contribution is 0.0553. The van der Waals surface area contributed by atoms with Crippen LogP contribution >= 0.6 is 0 Å². The maximum absolute atomic E-state index is 6.29. The lowest BCUT2D eigenvalue weighted by Gasteiger charge is -2.48. The standard InChI is InChI=1S/C15H25N3O/c1-5-6-15(16)9-18(10-15)8-13-12(3)14(19-4)11(2)7-17-13/h7H,5-6,8-10,16H2,1-4H3. The van der Waals surface area contributed by atoms with Crippen molar-refractivity contribution in [1.82, 2.24) is 9.88 Å². The zero-order valence-corrected chi connectivity index (χ0v) is 12.5. The van der Waals surface area contributed by atoms with E-state index in [4.69, 9.17) is 10.5 Å². The quantitative estimate of drug-likeness (QED) is 0.883. The molecule has 2 N–H and O–H groups in total. The molecule has 0 radical (unpaired) electrons. The topological polar surface area (TPSA) is 51.4 Å². The van der Waals surface area contributed by atoms with Crippen LogP contribution in [0.1, 0.15) is 36.6 Å². The lowest BCUT2D eigenvalue weighted by Crippen LogP contribution is -2.66. The van der Waals surface area contributed by atoms with Crippen LogP contribution in [0.3, 0.4) is 0 Å². The highest BCUT2D eigenvalue weighted by molar-refractivity contribution is 5.41. The van der Waals surface area contributed by atoms with E-state index in [0.29, 0.717) is 0 Å². The fraction of sp³-hybridized carbons (Fsp3) is 0.667. The molecule has 1 aliphatic rings. The normalized spacial score (nSPS) is 18.2. The van der Waals surface area contributed by atoms with E-state index in [0.717, 1.165) is 55.0 Å². The minimum atomic E-state index is 0.0252. The first-order valence-corrected chi connectivity index (χ1v) is 6.99. The highest BCUT2D eigenvalue weighted by Crippen LogP contribution is 2.28. The molecular formula is C15H25N3O. The molecule has 2 rings (SSSR count). The van der Waals surface area contributed by atoms with Crippen LogP contribution < -0.4 is 10.5 Å². The van der Waals surface area contributed by atoms with Crippen molar-refractivity contribution in [2.24, 2.45) is 5.73 Å². The minimum absolute atomic E-state index is 0.0252. The summed E-state index contributed by atoms with van der Waals surface area (Å²) in [4.78, 5) is 6.90. The molecule has 106 valence electrons. The summed E-state index contributed by atoms with van der Waals surface area (Å²) < 4.78 is 5.45. The van der Waals surface area contributed by atoms with Crippen LogP contribution in [0.4, 0.5) is 0 Å². The van der Waals surface area contributed by atoms with Crippen LogP contribution in [0.2, 0.25) is 0 Å². The Bertz CT molecular complexity index is 453. The van der Waals surface area contributed by atoms with Gasteiger partial charge in [-0.05, 0) is 20.3 Å². The second-order valence-electron chi connectivity index (χ2n) is 5.80. The SMILES string of the molecule is CCCC1(N)CN(Cc2ncc(C)c(OC)c2C)C1. The number of aromatic nitrogens is 1. The van der Waals surface area contributed by atoms with Gasteiger partial charge in [-0.15, -0.1) is 0 Å². The third-order valence-corrected chi connectivity index (χ3v) is 3.95. The number of likely N-dealkylation sites (tertiary alicyclic amines) is 1. The van der Waals surface area contributed by atoms with Gasteiger partial charge in [-0.2, -0.15) is 0 Å². The van der Waals surface area contributed by atoms with Crippen LogP contribution in [-0.2, 0) is 6.54 Å². The van der Waals surface area contributed by atoms with Gasteiger partial charge in [0.1, 0.15) is 5.75 Å². The number of pyridine rings is 1. The number of nitrogens with two attached hydrogens (primary N) is 1. The van der Waals surface area contributed by atoms with Gasteiger partial charge in [-0.25, -0.2) is 0 Å². The van der Waals surface area contributed by atoms with E-state index in [-0.39, 0.29) is 5.54 Å². The highest BCUT2D eigenvalue weighted by Gasteiger charge is 2.38. The summed E-state index contributed by atoms with van der Waals surface area (Å²) in [5.41, 5.74) is 9.65. The molecule has 0 saturated carbocycles. The second-order valence-corrected chi connectivity index (χ2v) is 5.80. The average molecular weight is 263 g/mol. The molecule has 19 heavy (non-hydrogen) atoms. The van der Waals surface area contributed by atoms with E-state index in [1.54, 1.807) is 7.11 Å². The highest BCUT2D eigenvalue weighted by atomic mass is 16.5. The van der Waals surface area contributed by atoms with Crippen LogP contribution in [0.15, 0.2) is 6.20 Å². The molecule has 1 aliphatic heterocycles. The summed E-state index contributed by atoms with van der Waals surface area (Å²) in [6.45, 7) is 9.10. The smallest absolute Gasteiger partial charge is 0.128 e. The van der Waals surface area contributed by atoms with E-state index in [2.05, 4.69) is 23.7 Å². The van der Waals surface area contributed by atoms with E-state index >= 15 is 0 Å². The first-order chi connectivity index (χ1) is 8.99. The summed E-state index contributed by atoms with van der Waals surface area (Å²) in [6, 6.07) is 0. The summed E-state index contributed by atoms with van der Waals surface area (Å²) in [6.07, 6.45) is 4.15. The van der Waals surface area contributed by atoms with E-state index in [1.807, 2.05) is 13.1 Å². The lowest BCUT2D eigenvalue weighted by atomic mass is 9.86. The molecular weight excluding hydrogens is 238 g/mol. The molecule has 0 spiro atoms. The van der Waals surface area contributed by atoms with Crippen molar-refractivity contribution in [2.45, 2.75) is 45.7 Å². The van der Waals surface area contributed by atoms with Crippen molar-refractivity contribution in [2.75, 3.05) is 20.2 Å². The van der Waals surface area contributed by atoms with Gasteiger partial charge in [0.15, 0.2) is 0 Å². The van der Waals surface area contributed by atoms with E-state index in [1.165, 1.54) is 0 Å². The third kappa shape index (κ3) is 2.90. The number of nitrogens with zero attached hydrogens (tertiary/aromatic N) is 2. The van der Waals surface area contributed by atoms with Crippen molar-refractivity contribution in [1.29, 1.82) is 0 Å². The fourth-order valence-electron chi connectivity index (χ4n) is 3.05. The Labute approximate surface area is 116 Å². The van der Waals surface area contributed by atoms with Crippen molar-refractivity contribution >= 4 is 0 Å². The third-order valence-electron chi connectivity index (χ3n) is 3.95. The van der Waals surface area contributed by atoms with Gasteiger partial charge in [0.05, 0.1) is 12.8 Å². The Hall–Kier alpha value is -1.13. The molecule has 1 fully saturated rings. The molecule has 0 atom stereocenters. The number of ether oxygens (including phenoxy) is 1. The Balaban J connectivity index is 2.02. The second kappa shape index (κ2) is 5.47. The Kier molecular flexibility index (Phi) is 4.11. The molecule has 0 unspecified atom stereocenters. The number of rotatable bonds is 5. The van der Waals surface area contributed by atoms with Crippen LogP contribution in [0.5, 0.6) is 5.75 Å². The van der Waals surface area contributed by atoms with Gasteiger partial charge in [-0.3, -0.25) is 9.88 Å². The summed E-state index contributed by atoms with van der Waals surface area (Å²) in [5.74, 6) is 0.957. The molecule has 1 aromatic rings. The summed E-state index contributed by atoms with van der Waals surface area (Å²) in [7, 11) is 1.72. The predicted octanol–water partition coefficient (Wildman–Crippen LogP) is 2.02. The molecule has 4 heteroatoms. The molecule has 0 aliphatic carbocycles. The van der Waals surface area contributed by atoms with Crippen molar-refractivity contribution < 1.29 is 4.74 Å². The first kappa shape index (κ1) is 14.3. The number of methoxy groups -OCH3 is 1. The van der Waals surface area contributed by atoms with Gasteiger partial charge >= 0.3 is 0 Å². The van der Waals surface area contributed by atoms with E-state index < -0.39 is 0 Å². The zero-order chi connectivity index (χ0) is 14.0. The van der Waals surface area contributed by atoms with Gasteiger partial charge in [-0.1, -0.05) is 13.3 Å². The fourth-order valence-corrected chi connectivity index (χ4v) is 3.05. The maximum Gasteiger partial charge on any atom is 0.128 e. The predicted molar refractivity (Wildman–Crippen MR) is 77.4 cm³/mol. The molecule has 4 nitrogen and oxygen atoms in total. The molecule has 2 heterocycles. The maximum atomic E-state index is 6.29. The summed E-state index contributed by atoms with van der Waals surface area (Å²) in [5, 5.41) is 0. The number of hydrogen-bond donors (Lipinski definition) is 1. The van der Waals surface area contributed by atoms with Crippen molar-refractivity contribution in [3.8, 4) is 5.75 Å². The Morgan fingerprint density at radius 2 is 2.11 bits per heavy atom. The van der Waals surface area contributed by atoms with Crippen molar-refractivity contribution in [3.05, 3.63) is 23.0 Å². The molecule has 1 saturated heterocycles. The Morgan fingerprint density at radius 3 is 2.68 bits per heavy atom. The Morgan fingerprint density at radius 1 is 1.42 bits per heavy atom. The monoisotopic (exact) mass is 263 g/mol. The van der Waals surface area contributed by atoms with E-state index in [9.17, 15) is 0 Å². The van der Waals surface area contributed by atoms with Crippen LogP contribution in [0.25, 0.3) is 0 Å². The minimum Gasteiger partial charge on any atom is -0.496 e.